The van der Waals surface area contributed by atoms with Crippen molar-refractivity contribution in [2.45, 2.75) is 108 Å². The summed E-state index contributed by atoms with van der Waals surface area (Å²) in [6.07, 6.45) is 13.9. The third-order valence-corrected chi connectivity index (χ3v) is 4.65. The smallest absolute Gasteiger partial charge is 0.303 e. The van der Waals surface area contributed by atoms with Gasteiger partial charge in [0.25, 0.3) is 0 Å². The van der Waals surface area contributed by atoms with Gasteiger partial charge in [-0.1, -0.05) is 71.1 Å². The minimum absolute atomic E-state index is 0.130. The minimum Gasteiger partial charge on any atom is -0.481 e. The number of unbranched alkanes of at least 4 members (excludes halogenated alkanes) is 9. The maximum Gasteiger partial charge on any atom is 0.303 e. The Labute approximate surface area is 141 Å². The van der Waals surface area contributed by atoms with Crippen molar-refractivity contribution < 1.29 is 15.0 Å². The molecule has 3 nitrogen and oxygen atoms in total. The summed E-state index contributed by atoms with van der Waals surface area (Å²) in [6.45, 7) is 2.22. The minimum atomic E-state index is -0.710. The van der Waals surface area contributed by atoms with E-state index in [9.17, 15) is 9.90 Å². The molecule has 0 heterocycles. The number of carbonyl (C=O) groups is 1. The number of hydrogen-bond donors (Lipinski definition) is 2. The number of carboxylic acid groups (broad SMARTS) is 1. The van der Waals surface area contributed by atoms with Gasteiger partial charge in [-0.25, -0.2) is 0 Å². The molecule has 2 N–H and O–H groups in total. The summed E-state index contributed by atoms with van der Waals surface area (Å²) in [6, 6.07) is 0. The number of hydrogen-bond acceptors (Lipinski definition) is 2. The van der Waals surface area contributed by atoms with Crippen molar-refractivity contribution in [1.82, 2.24) is 0 Å². The van der Waals surface area contributed by atoms with Crippen molar-refractivity contribution in [2.75, 3.05) is 0 Å². The molecule has 0 bridgehead atoms. The van der Waals surface area contributed by atoms with Crippen LogP contribution in [0.15, 0.2) is 0 Å². The van der Waals surface area contributed by atoms with E-state index >= 15 is 0 Å². The first-order valence-corrected chi connectivity index (χ1v) is 9.55. The molecule has 0 aromatic rings. The Morgan fingerprint density at radius 1 is 0.864 bits per heavy atom. The normalized spacial score (nSPS) is 14.0. The van der Waals surface area contributed by atoms with E-state index in [-0.39, 0.29) is 17.9 Å². The van der Waals surface area contributed by atoms with Crippen LogP contribution in [0, 0.1) is 0 Å². The molecule has 0 rings (SSSR count). The molecular formula is C18H35ClO3. The SMILES string of the molecule is CCCCCCCCC(O)C(Cl)CCCCCCCC(=O)O. The van der Waals surface area contributed by atoms with Crippen molar-refractivity contribution in [3.8, 4) is 0 Å². The van der Waals surface area contributed by atoms with Crippen LogP contribution in [-0.4, -0.2) is 27.7 Å². The molecule has 0 radical (unpaired) electrons. The van der Waals surface area contributed by atoms with Crippen molar-refractivity contribution in [3.63, 3.8) is 0 Å². The van der Waals surface area contributed by atoms with E-state index < -0.39 is 5.97 Å². The fourth-order valence-electron chi connectivity index (χ4n) is 2.65. The van der Waals surface area contributed by atoms with Crippen molar-refractivity contribution in [3.05, 3.63) is 0 Å². The fourth-order valence-corrected chi connectivity index (χ4v) is 2.93. The predicted molar refractivity (Wildman–Crippen MR) is 93.6 cm³/mol. The molecule has 0 amide bonds. The van der Waals surface area contributed by atoms with Crippen LogP contribution >= 0.6 is 11.6 Å². The van der Waals surface area contributed by atoms with Crippen LogP contribution < -0.4 is 0 Å². The molecule has 0 aromatic carbocycles. The standard InChI is InChI=1S/C18H35ClO3/c1-2-3-4-5-8-11-14-17(20)16(19)13-10-7-6-9-12-15-18(21)22/h16-17,20H,2-15H2,1H3,(H,21,22). The second-order valence-electron chi connectivity index (χ2n) is 6.34. The number of carboxylic acids is 1. The van der Waals surface area contributed by atoms with Gasteiger partial charge in [-0.05, 0) is 19.3 Å². The molecule has 0 aliphatic carbocycles. The topological polar surface area (TPSA) is 57.5 Å². The molecular weight excluding hydrogens is 300 g/mol. The summed E-state index contributed by atoms with van der Waals surface area (Å²) in [5.74, 6) is -0.710. The summed E-state index contributed by atoms with van der Waals surface area (Å²) in [5.41, 5.74) is 0. The maximum atomic E-state index is 10.4. The van der Waals surface area contributed by atoms with Crippen molar-refractivity contribution >= 4 is 17.6 Å². The highest BCUT2D eigenvalue weighted by atomic mass is 35.5. The summed E-state index contributed by atoms with van der Waals surface area (Å²) >= 11 is 6.25. The Morgan fingerprint density at radius 2 is 1.36 bits per heavy atom. The third-order valence-electron chi connectivity index (χ3n) is 4.14. The Kier molecular flexibility index (Phi) is 15.4. The molecule has 0 saturated carbocycles. The summed E-state index contributed by atoms with van der Waals surface area (Å²) in [4.78, 5) is 10.4. The third kappa shape index (κ3) is 14.6. The first kappa shape index (κ1) is 21.7. The second kappa shape index (κ2) is 15.6. The molecule has 2 atom stereocenters. The van der Waals surface area contributed by atoms with Crippen LogP contribution in [-0.2, 0) is 4.79 Å². The van der Waals surface area contributed by atoms with E-state index in [1.807, 2.05) is 0 Å². The largest absolute Gasteiger partial charge is 0.481 e. The molecule has 22 heavy (non-hydrogen) atoms. The molecule has 0 fully saturated rings. The number of aliphatic hydroxyl groups is 1. The van der Waals surface area contributed by atoms with Crippen molar-refractivity contribution in [1.29, 1.82) is 0 Å². The lowest BCUT2D eigenvalue weighted by atomic mass is 10.0. The van der Waals surface area contributed by atoms with Gasteiger partial charge in [0, 0.05) is 6.42 Å². The second-order valence-corrected chi connectivity index (χ2v) is 6.90. The fraction of sp³-hybridized carbons (Fsp3) is 0.944. The van der Waals surface area contributed by atoms with Crippen LogP contribution in [0.2, 0.25) is 0 Å². The van der Waals surface area contributed by atoms with E-state index in [0.717, 1.165) is 51.4 Å². The zero-order chi connectivity index (χ0) is 16.6. The van der Waals surface area contributed by atoms with Crippen LogP contribution in [0.1, 0.15) is 96.8 Å². The summed E-state index contributed by atoms with van der Waals surface area (Å²) in [7, 11) is 0. The first-order valence-electron chi connectivity index (χ1n) is 9.11. The van der Waals surface area contributed by atoms with Gasteiger partial charge in [-0.15, -0.1) is 11.6 Å². The Morgan fingerprint density at radius 3 is 1.95 bits per heavy atom. The molecule has 4 heteroatoms. The number of aliphatic carboxylic acids is 1. The van der Waals surface area contributed by atoms with Gasteiger partial charge in [0.1, 0.15) is 0 Å². The van der Waals surface area contributed by atoms with Crippen LogP contribution in [0.4, 0.5) is 0 Å². The van der Waals surface area contributed by atoms with Crippen molar-refractivity contribution in [2.24, 2.45) is 0 Å². The Balaban J connectivity index is 3.38. The highest BCUT2D eigenvalue weighted by molar-refractivity contribution is 6.21. The number of halogens is 1. The van der Waals surface area contributed by atoms with E-state index in [1.54, 1.807) is 0 Å². The van der Waals surface area contributed by atoms with Gasteiger partial charge in [-0.2, -0.15) is 0 Å². The number of aliphatic hydroxyl groups excluding tert-OH is 1. The van der Waals surface area contributed by atoms with Gasteiger partial charge in [0.05, 0.1) is 11.5 Å². The summed E-state index contributed by atoms with van der Waals surface area (Å²) in [5, 5.41) is 18.4. The Bertz CT molecular complexity index is 259. The summed E-state index contributed by atoms with van der Waals surface area (Å²) < 4.78 is 0. The average Bonchev–Trinajstić information content (AvgIpc) is 2.49. The van der Waals surface area contributed by atoms with Crippen LogP contribution in [0.25, 0.3) is 0 Å². The molecule has 0 saturated heterocycles. The lowest BCUT2D eigenvalue weighted by Crippen LogP contribution is -2.20. The lowest BCUT2D eigenvalue weighted by molar-refractivity contribution is -0.137. The monoisotopic (exact) mass is 334 g/mol. The number of alkyl halides is 1. The van der Waals surface area contributed by atoms with Crippen LogP contribution in [0.3, 0.4) is 0 Å². The molecule has 0 aliphatic rings. The molecule has 132 valence electrons. The van der Waals surface area contributed by atoms with Gasteiger partial charge < -0.3 is 10.2 Å². The van der Waals surface area contributed by atoms with Gasteiger partial charge in [0.2, 0.25) is 0 Å². The average molecular weight is 335 g/mol. The first-order chi connectivity index (χ1) is 10.6. The molecule has 2 unspecified atom stereocenters. The zero-order valence-electron chi connectivity index (χ0n) is 14.2. The van der Waals surface area contributed by atoms with E-state index in [1.165, 1.54) is 32.1 Å². The predicted octanol–water partition coefficient (Wildman–Crippen LogP) is 5.52. The highest BCUT2D eigenvalue weighted by Gasteiger charge is 2.15. The highest BCUT2D eigenvalue weighted by Crippen LogP contribution is 2.18. The van der Waals surface area contributed by atoms with Gasteiger partial charge in [-0.3, -0.25) is 4.79 Å². The lowest BCUT2D eigenvalue weighted by Gasteiger charge is -2.16. The van der Waals surface area contributed by atoms with E-state index in [0.29, 0.717) is 0 Å². The van der Waals surface area contributed by atoms with E-state index in [4.69, 9.17) is 16.7 Å². The quantitative estimate of drug-likeness (QED) is 0.288. The molecule has 0 aliphatic heterocycles. The Hall–Kier alpha value is -0.280. The van der Waals surface area contributed by atoms with Gasteiger partial charge in [0.15, 0.2) is 0 Å². The maximum absolute atomic E-state index is 10.4. The van der Waals surface area contributed by atoms with Crippen LogP contribution in [0.5, 0.6) is 0 Å². The van der Waals surface area contributed by atoms with Gasteiger partial charge >= 0.3 is 5.97 Å². The molecule has 0 spiro atoms. The zero-order valence-corrected chi connectivity index (χ0v) is 15.0. The molecule has 0 aromatic heterocycles. The van der Waals surface area contributed by atoms with E-state index in [2.05, 4.69) is 6.92 Å². The number of rotatable bonds is 16.